The summed E-state index contributed by atoms with van der Waals surface area (Å²) in [5.74, 6) is 0.110. The second-order valence-corrected chi connectivity index (χ2v) is 5.58. The summed E-state index contributed by atoms with van der Waals surface area (Å²) >= 11 is 0. The molecule has 1 aromatic carbocycles. The Labute approximate surface area is 127 Å². The van der Waals surface area contributed by atoms with E-state index in [-0.39, 0.29) is 18.0 Å². The summed E-state index contributed by atoms with van der Waals surface area (Å²) < 4.78 is 5.35. The van der Waals surface area contributed by atoms with Crippen LogP contribution >= 0.6 is 0 Å². The Bertz CT molecular complexity index is 430. The quantitative estimate of drug-likeness (QED) is 0.874. The number of carbonyl (C=O) groups excluding carboxylic acids is 1. The zero-order valence-electron chi connectivity index (χ0n) is 13.0. The summed E-state index contributed by atoms with van der Waals surface area (Å²) in [5.41, 5.74) is 1.18. The summed E-state index contributed by atoms with van der Waals surface area (Å²) in [5, 5.41) is 3.21. The molecule has 1 N–H and O–H groups in total. The van der Waals surface area contributed by atoms with Gasteiger partial charge in [-0.2, -0.15) is 0 Å². The van der Waals surface area contributed by atoms with Crippen LogP contribution in [0.3, 0.4) is 0 Å². The molecule has 0 aliphatic carbocycles. The van der Waals surface area contributed by atoms with Crippen molar-refractivity contribution >= 4 is 5.91 Å². The smallest absolute Gasteiger partial charge is 0.237 e. The maximum Gasteiger partial charge on any atom is 0.237 e. The molecule has 1 saturated heterocycles. The SMILES string of the molecule is CCCC(NC(=O)C(C)N1CCOCC1)c1ccccc1. The molecule has 4 nitrogen and oxygen atoms in total. The van der Waals surface area contributed by atoms with Crippen molar-refractivity contribution in [3.05, 3.63) is 35.9 Å². The maximum atomic E-state index is 12.5. The highest BCUT2D eigenvalue weighted by atomic mass is 16.5. The molecule has 21 heavy (non-hydrogen) atoms. The minimum absolute atomic E-state index is 0.100. The first-order valence-corrected chi connectivity index (χ1v) is 7.89. The molecule has 0 radical (unpaired) electrons. The minimum Gasteiger partial charge on any atom is -0.379 e. The van der Waals surface area contributed by atoms with Crippen molar-refractivity contribution in [1.82, 2.24) is 10.2 Å². The maximum absolute atomic E-state index is 12.5. The van der Waals surface area contributed by atoms with Gasteiger partial charge in [0.2, 0.25) is 5.91 Å². The first-order valence-electron chi connectivity index (χ1n) is 7.89. The lowest BCUT2D eigenvalue weighted by atomic mass is 10.0. The number of hydrogen-bond acceptors (Lipinski definition) is 3. The summed E-state index contributed by atoms with van der Waals surface area (Å²) in [6.45, 7) is 7.22. The molecule has 1 aromatic rings. The van der Waals surface area contributed by atoms with Crippen LogP contribution in [0.25, 0.3) is 0 Å². The molecule has 0 saturated carbocycles. The average Bonchev–Trinajstić information content (AvgIpc) is 2.55. The van der Waals surface area contributed by atoms with Gasteiger partial charge < -0.3 is 10.1 Å². The van der Waals surface area contributed by atoms with Gasteiger partial charge in [-0.15, -0.1) is 0 Å². The van der Waals surface area contributed by atoms with Crippen molar-refractivity contribution in [2.45, 2.75) is 38.8 Å². The fourth-order valence-electron chi connectivity index (χ4n) is 2.72. The van der Waals surface area contributed by atoms with Crippen molar-refractivity contribution in [3.8, 4) is 0 Å². The van der Waals surface area contributed by atoms with Crippen LogP contribution in [0.5, 0.6) is 0 Å². The first kappa shape index (κ1) is 16.0. The molecular weight excluding hydrogens is 264 g/mol. The largest absolute Gasteiger partial charge is 0.379 e. The lowest BCUT2D eigenvalue weighted by Crippen LogP contribution is -2.50. The Hall–Kier alpha value is -1.39. The molecule has 2 atom stereocenters. The number of nitrogens with one attached hydrogen (secondary N) is 1. The van der Waals surface area contributed by atoms with Crippen LogP contribution < -0.4 is 5.32 Å². The number of hydrogen-bond donors (Lipinski definition) is 1. The lowest BCUT2D eigenvalue weighted by Gasteiger charge is -2.32. The highest BCUT2D eigenvalue weighted by molar-refractivity contribution is 5.81. The second kappa shape index (κ2) is 8.15. The fourth-order valence-corrected chi connectivity index (χ4v) is 2.72. The predicted octanol–water partition coefficient (Wildman–Crippen LogP) is 2.36. The van der Waals surface area contributed by atoms with Crippen LogP contribution in [0.4, 0.5) is 0 Å². The number of morpholine rings is 1. The molecule has 1 amide bonds. The van der Waals surface area contributed by atoms with Gasteiger partial charge in [-0.05, 0) is 18.9 Å². The molecule has 0 bridgehead atoms. The second-order valence-electron chi connectivity index (χ2n) is 5.58. The van der Waals surface area contributed by atoms with Crippen LogP contribution in [-0.2, 0) is 9.53 Å². The molecule has 2 unspecified atom stereocenters. The van der Waals surface area contributed by atoms with E-state index in [1.54, 1.807) is 0 Å². The lowest BCUT2D eigenvalue weighted by molar-refractivity contribution is -0.128. The van der Waals surface area contributed by atoms with Crippen LogP contribution in [0.15, 0.2) is 30.3 Å². The van der Waals surface area contributed by atoms with Gasteiger partial charge >= 0.3 is 0 Å². The Kier molecular flexibility index (Phi) is 6.21. The number of ether oxygens (including phenoxy) is 1. The molecule has 1 aliphatic rings. The van der Waals surface area contributed by atoms with E-state index in [0.717, 1.165) is 25.9 Å². The van der Waals surface area contributed by atoms with Crippen molar-refractivity contribution in [3.63, 3.8) is 0 Å². The van der Waals surface area contributed by atoms with Crippen LogP contribution in [-0.4, -0.2) is 43.2 Å². The summed E-state index contributed by atoms with van der Waals surface area (Å²) in [6.07, 6.45) is 2.01. The normalized spacial score (nSPS) is 19.0. The number of carbonyl (C=O) groups is 1. The number of rotatable bonds is 6. The molecule has 0 spiro atoms. The van der Waals surface area contributed by atoms with E-state index in [1.165, 1.54) is 5.56 Å². The van der Waals surface area contributed by atoms with E-state index < -0.39 is 0 Å². The van der Waals surface area contributed by atoms with E-state index in [4.69, 9.17) is 4.74 Å². The number of nitrogens with zero attached hydrogens (tertiary/aromatic N) is 1. The third-order valence-electron chi connectivity index (χ3n) is 4.07. The van der Waals surface area contributed by atoms with Gasteiger partial charge in [0.25, 0.3) is 0 Å². The molecule has 1 fully saturated rings. The first-order chi connectivity index (χ1) is 10.2. The van der Waals surface area contributed by atoms with Gasteiger partial charge in [0.15, 0.2) is 0 Å². The van der Waals surface area contributed by atoms with Gasteiger partial charge in [0.05, 0.1) is 25.3 Å². The van der Waals surface area contributed by atoms with Gasteiger partial charge in [0.1, 0.15) is 0 Å². The Balaban J connectivity index is 1.97. The topological polar surface area (TPSA) is 41.6 Å². The monoisotopic (exact) mass is 290 g/mol. The molecule has 1 aliphatic heterocycles. The van der Waals surface area contributed by atoms with E-state index in [9.17, 15) is 4.79 Å². The zero-order chi connectivity index (χ0) is 15.1. The van der Waals surface area contributed by atoms with Crippen LogP contribution in [0.2, 0.25) is 0 Å². The van der Waals surface area contributed by atoms with Crippen LogP contribution in [0, 0.1) is 0 Å². The van der Waals surface area contributed by atoms with E-state index in [1.807, 2.05) is 25.1 Å². The minimum atomic E-state index is -0.100. The summed E-state index contributed by atoms with van der Waals surface area (Å²) in [7, 11) is 0. The van der Waals surface area contributed by atoms with Gasteiger partial charge in [-0.3, -0.25) is 9.69 Å². The van der Waals surface area contributed by atoms with Crippen LogP contribution in [0.1, 0.15) is 38.3 Å². The molecule has 4 heteroatoms. The van der Waals surface area contributed by atoms with E-state index >= 15 is 0 Å². The fraction of sp³-hybridized carbons (Fsp3) is 0.588. The van der Waals surface area contributed by atoms with Crippen molar-refractivity contribution in [1.29, 1.82) is 0 Å². The molecule has 0 aromatic heterocycles. The third kappa shape index (κ3) is 4.55. The molecule has 116 valence electrons. The average molecular weight is 290 g/mol. The Morgan fingerprint density at radius 2 is 1.95 bits per heavy atom. The van der Waals surface area contributed by atoms with Crippen molar-refractivity contribution in [2.75, 3.05) is 26.3 Å². The summed E-state index contributed by atoms with van der Waals surface area (Å²) in [4.78, 5) is 14.7. The Morgan fingerprint density at radius 1 is 1.29 bits per heavy atom. The van der Waals surface area contributed by atoms with Crippen molar-refractivity contribution in [2.24, 2.45) is 0 Å². The molecular formula is C17H26N2O2. The van der Waals surface area contributed by atoms with Gasteiger partial charge in [-0.25, -0.2) is 0 Å². The highest BCUT2D eigenvalue weighted by Gasteiger charge is 2.25. The van der Waals surface area contributed by atoms with Gasteiger partial charge in [-0.1, -0.05) is 43.7 Å². The highest BCUT2D eigenvalue weighted by Crippen LogP contribution is 2.18. The molecule has 1 heterocycles. The Morgan fingerprint density at radius 3 is 2.57 bits per heavy atom. The zero-order valence-corrected chi connectivity index (χ0v) is 13.0. The third-order valence-corrected chi connectivity index (χ3v) is 4.07. The number of amides is 1. The van der Waals surface area contributed by atoms with E-state index in [0.29, 0.717) is 13.2 Å². The predicted molar refractivity (Wildman–Crippen MR) is 84.1 cm³/mol. The van der Waals surface area contributed by atoms with E-state index in [2.05, 4.69) is 29.3 Å². The molecule has 2 rings (SSSR count). The standard InChI is InChI=1S/C17H26N2O2/c1-3-7-16(15-8-5-4-6-9-15)18-17(20)14(2)19-10-12-21-13-11-19/h4-6,8-9,14,16H,3,7,10-13H2,1-2H3,(H,18,20). The van der Waals surface area contributed by atoms with Gasteiger partial charge in [0, 0.05) is 13.1 Å². The van der Waals surface area contributed by atoms with Crippen molar-refractivity contribution < 1.29 is 9.53 Å². The number of benzene rings is 1. The summed E-state index contributed by atoms with van der Waals surface area (Å²) in [6, 6.07) is 10.2.